The molecular weight excluding hydrogens is 294 g/mol. The molecule has 0 aliphatic rings. The predicted octanol–water partition coefficient (Wildman–Crippen LogP) is -1.18. The van der Waals surface area contributed by atoms with Gasteiger partial charge in [0.05, 0.1) is 6.61 Å². The zero-order valence-electron chi connectivity index (χ0n) is 10.0. The van der Waals surface area contributed by atoms with Crippen molar-refractivity contribution >= 4 is 34.7 Å². The molecule has 88 valence electrons. The number of rotatable bonds is 3. The molecule has 0 fully saturated rings. The molecule has 0 saturated carbocycles. The van der Waals surface area contributed by atoms with Gasteiger partial charge in [-0.1, -0.05) is 18.2 Å². The molecule has 0 atom stereocenters. The average molecular weight is 308 g/mol. The van der Waals surface area contributed by atoms with Crippen molar-refractivity contribution in [1.29, 1.82) is 0 Å². The number of nitrogens with zero attached hydrogens (tertiary/aromatic N) is 1. The van der Waals surface area contributed by atoms with Gasteiger partial charge in [-0.25, -0.2) is 4.79 Å². The molecule has 0 aromatic heterocycles. The van der Waals surface area contributed by atoms with Crippen molar-refractivity contribution in [3.05, 3.63) is 42.5 Å². The van der Waals surface area contributed by atoms with Crippen molar-refractivity contribution < 1.29 is 26.5 Å². The predicted molar refractivity (Wildman–Crippen MR) is 64.9 cm³/mol. The molecule has 1 aromatic carbocycles. The van der Waals surface area contributed by atoms with Crippen molar-refractivity contribution in [2.75, 3.05) is 20.7 Å². The van der Waals surface area contributed by atoms with E-state index in [9.17, 15) is 4.79 Å². The standard InChI is InChI=1S/C12H14NO2.BrH.Mg/c1-10(9-15-12(14)13(2)3)11-7-5-4-6-8-11;;/h1,4-8H,9H2,2-3H3;1H;/q-1;;+2/p-1. The van der Waals surface area contributed by atoms with Gasteiger partial charge in [-0.3, -0.25) is 6.58 Å². The van der Waals surface area contributed by atoms with Gasteiger partial charge in [0.15, 0.2) is 0 Å². The first-order valence-corrected chi connectivity index (χ1v) is 4.62. The molecule has 3 nitrogen and oxygen atoms in total. The second-order valence-electron chi connectivity index (χ2n) is 3.34. The van der Waals surface area contributed by atoms with Crippen molar-refractivity contribution in [2.24, 2.45) is 0 Å². The van der Waals surface area contributed by atoms with Gasteiger partial charge in [0.2, 0.25) is 0 Å². The van der Waals surface area contributed by atoms with E-state index in [-0.39, 0.29) is 46.6 Å². The van der Waals surface area contributed by atoms with Crippen LogP contribution in [-0.2, 0) is 4.74 Å². The normalized spacial score (nSPS) is 8.35. The fraction of sp³-hybridized carbons (Fsp3) is 0.250. The second-order valence-corrected chi connectivity index (χ2v) is 3.34. The molecule has 0 radical (unpaired) electrons. The van der Waals surface area contributed by atoms with Gasteiger partial charge < -0.3 is 26.6 Å². The molecule has 1 rings (SSSR count). The van der Waals surface area contributed by atoms with Gasteiger partial charge in [0, 0.05) is 14.1 Å². The van der Waals surface area contributed by atoms with E-state index in [1.54, 1.807) is 14.1 Å². The maximum atomic E-state index is 11.1. The van der Waals surface area contributed by atoms with Gasteiger partial charge in [-0.2, -0.15) is 11.1 Å². The fourth-order valence-electron chi connectivity index (χ4n) is 1.00. The van der Waals surface area contributed by atoms with Crippen LogP contribution in [0.3, 0.4) is 0 Å². The quantitative estimate of drug-likeness (QED) is 0.520. The van der Waals surface area contributed by atoms with E-state index in [1.807, 2.05) is 30.3 Å². The van der Waals surface area contributed by atoms with Crippen LogP contribution < -0.4 is 17.0 Å². The number of amides is 1. The Morgan fingerprint density at radius 2 is 1.82 bits per heavy atom. The van der Waals surface area contributed by atoms with Crippen LogP contribution in [0.4, 0.5) is 4.79 Å². The number of carbonyl (C=O) groups excluding carboxylic acids is 1. The number of ether oxygens (including phenoxy) is 1. The van der Waals surface area contributed by atoms with E-state index < -0.39 is 6.09 Å². The summed E-state index contributed by atoms with van der Waals surface area (Å²) in [5, 5.41) is 0. The Morgan fingerprint density at radius 3 is 2.29 bits per heavy atom. The summed E-state index contributed by atoms with van der Waals surface area (Å²) in [7, 11) is 3.25. The van der Waals surface area contributed by atoms with Crippen LogP contribution in [0.25, 0.3) is 5.57 Å². The Bertz CT molecular complexity index is 355. The van der Waals surface area contributed by atoms with E-state index in [0.29, 0.717) is 5.57 Å². The Labute approximate surface area is 129 Å². The third kappa shape index (κ3) is 6.70. The van der Waals surface area contributed by atoms with E-state index in [0.717, 1.165) is 5.56 Å². The maximum Gasteiger partial charge on any atom is 2.00 e. The summed E-state index contributed by atoms with van der Waals surface area (Å²) >= 11 is 0. The Morgan fingerprint density at radius 1 is 1.29 bits per heavy atom. The number of hydrogen-bond donors (Lipinski definition) is 0. The molecule has 5 heteroatoms. The van der Waals surface area contributed by atoms with Gasteiger partial charge in [-0.15, -0.1) is 12.1 Å². The van der Waals surface area contributed by atoms with E-state index >= 15 is 0 Å². The van der Waals surface area contributed by atoms with Crippen LogP contribution in [0.1, 0.15) is 5.56 Å². The summed E-state index contributed by atoms with van der Waals surface area (Å²) in [6.07, 6.45) is -0.395. The number of benzene rings is 1. The minimum Gasteiger partial charge on any atom is -1.00 e. The number of halogens is 1. The first-order chi connectivity index (χ1) is 7.11. The van der Waals surface area contributed by atoms with Crippen LogP contribution in [-0.4, -0.2) is 54.7 Å². The third-order valence-electron chi connectivity index (χ3n) is 1.86. The van der Waals surface area contributed by atoms with Crippen LogP contribution >= 0.6 is 0 Å². The molecule has 0 aliphatic carbocycles. The molecule has 0 N–H and O–H groups in total. The molecule has 1 amide bonds. The molecule has 0 bridgehead atoms. The summed E-state index contributed by atoms with van der Waals surface area (Å²) in [6, 6.07) is 9.42. The summed E-state index contributed by atoms with van der Waals surface area (Å²) < 4.78 is 4.94. The molecule has 0 heterocycles. The summed E-state index contributed by atoms with van der Waals surface area (Å²) in [5.74, 6) is 0. The maximum absolute atomic E-state index is 11.1. The smallest absolute Gasteiger partial charge is 1.00 e. The molecule has 1 aromatic rings. The van der Waals surface area contributed by atoms with Gasteiger partial charge in [0.25, 0.3) is 0 Å². The first-order valence-electron chi connectivity index (χ1n) is 4.62. The molecular formula is C12H14BrMgNO2. The zero-order valence-corrected chi connectivity index (χ0v) is 13.0. The SMILES string of the molecule is [Br-].[CH-]=C(COC(=O)N(C)C)c1ccccc1.[Mg+2]. The largest absolute Gasteiger partial charge is 2.00 e. The Kier molecular flexibility index (Phi) is 10.5. The van der Waals surface area contributed by atoms with Crippen molar-refractivity contribution in [3.63, 3.8) is 0 Å². The zero-order chi connectivity index (χ0) is 11.3. The van der Waals surface area contributed by atoms with Gasteiger partial charge >= 0.3 is 29.1 Å². The average Bonchev–Trinajstić information content (AvgIpc) is 2.26. The minimum absolute atomic E-state index is 0. The van der Waals surface area contributed by atoms with Gasteiger partial charge in [-0.05, 0) is 0 Å². The van der Waals surface area contributed by atoms with E-state index in [1.165, 1.54) is 4.90 Å². The molecule has 0 saturated heterocycles. The fourth-order valence-corrected chi connectivity index (χ4v) is 1.00. The second kappa shape index (κ2) is 9.50. The minimum atomic E-state index is -0.395. The number of carbonyl (C=O) groups is 1. The monoisotopic (exact) mass is 307 g/mol. The number of hydrogen-bond acceptors (Lipinski definition) is 2. The Balaban J connectivity index is 0. The first kappa shape index (κ1) is 18.8. The van der Waals surface area contributed by atoms with Crippen molar-refractivity contribution in [3.8, 4) is 0 Å². The van der Waals surface area contributed by atoms with Crippen LogP contribution in [0.2, 0.25) is 0 Å². The summed E-state index contributed by atoms with van der Waals surface area (Å²) in [6.45, 7) is 5.88. The molecule has 0 spiro atoms. The van der Waals surface area contributed by atoms with Crippen LogP contribution in [0, 0.1) is 6.58 Å². The van der Waals surface area contributed by atoms with Crippen molar-refractivity contribution in [2.45, 2.75) is 0 Å². The van der Waals surface area contributed by atoms with Crippen molar-refractivity contribution in [1.82, 2.24) is 4.90 Å². The molecule has 17 heavy (non-hydrogen) atoms. The molecule has 0 aliphatic heterocycles. The van der Waals surface area contributed by atoms with E-state index in [2.05, 4.69) is 0 Å². The Hall–Kier alpha value is -0.524. The topological polar surface area (TPSA) is 29.5 Å². The third-order valence-corrected chi connectivity index (χ3v) is 1.86. The van der Waals surface area contributed by atoms with E-state index in [4.69, 9.17) is 11.3 Å². The summed E-state index contributed by atoms with van der Waals surface area (Å²) in [4.78, 5) is 12.5. The summed E-state index contributed by atoms with van der Waals surface area (Å²) in [5.41, 5.74) is 1.43. The van der Waals surface area contributed by atoms with Crippen LogP contribution in [0.15, 0.2) is 30.3 Å². The van der Waals surface area contributed by atoms with Gasteiger partial charge in [0.1, 0.15) is 0 Å². The van der Waals surface area contributed by atoms with Crippen LogP contribution in [0.5, 0.6) is 0 Å². The molecule has 0 unspecified atom stereocenters.